The van der Waals surface area contributed by atoms with Gasteiger partial charge in [-0.25, -0.2) is 4.79 Å². The van der Waals surface area contributed by atoms with Crippen molar-refractivity contribution >= 4 is 11.9 Å². The average Bonchev–Trinajstić information content (AvgIpc) is 2.55. The lowest BCUT2D eigenvalue weighted by Gasteiger charge is -2.38. The zero-order valence-corrected chi connectivity index (χ0v) is 15.0. The second-order valence-electron chi connectivity index (χ2n) is 6.79. The smallest absolute Gasteiger partial charge is 0.331 e. The molecule has 1 aliphatic rings. The molecule has 0 spiro atoms. The summed E-state index contributed by atoms with van der Waals surface area (Å²) in [5.41, 5.74) is 1.04. The largest absolute Gasteiger partial charge is 0.497 e. The van der Waals surface area contributed by atoms with Crippen molar-refractivity contribution in [3.05, 3.63) is 29.3 Å². The number of hydrogen-bond acceptors (Lipinski definition) is 4. The number of nitrogens with one attached hydrogen (secondary N) is 1. The molecule has 132 valence electrons. The Balaban J connectivity index is 2.12. The van der Waals surface area contributed by atoms with Crippen LogP contribution in [-0.4, -0.2) is 31.6 Å². The van der Waals surface area contributed by atoms with Gasteiger partial charge >= 0.3 is 5.97 Å². The van der Waals surface area contributed by atoms with Crippen molar-refractivity contribution in [2.45, 2.75) is 51.5 Å². The van der Waals surface area contributed by atoms with Crippen molar-refractivity contribution in [3.8, 4) is 5.75 Å². The molecule has 1 aromatic carbocycles. The summed E-state index contributed by atoms with van der Waals surface area (Å²) in [7, 11) is 2.99. The molecule has 2 rings (SSSR count). The molecule has 0 saturated heterocycles. The second-order valence-corrected chi connectivity index (χ2v) is 6.79. The molecule has 1 aliphatic carbocycles. The standard InChI is InChI=1S/C19H27NO4/c1-13-6-5-9-19(12-13,18(22)24-4)20-17(21)11-15-7-8-16(23-3)10-14(15)2/h7-8,10,13H,5-6,9,11-12H2,1-4H3,(H,20,21). The molecule has 1 amide bonds. The maximum atomic E-state index is 12.6. The summed E-state index contributed by atoms with van der Waals surface area (Å²) in [6, 6.07) is 5.64. The van der Waals surface area contributed by atoms with E-state index in [0.717, 1.165) is 29.7 Å². The summed E-state index contributed by atoms with van der Waals surface area (Å²) in [6.07, 6.45) is 3.50. The van der Waals surface area contributed by atoms with E-state index in [-0.39, 0.29) is 18.3 Å². The Morgan fingerprint density at radius 2 is 2.08 bits per heavy atom. The van der Waals surface area contributed by atoms with Gasteiger partial charge in [-0.05, 0) is 48.9 Å². The van der Waals surface area contributed by atoms with Crippen LogP contribution in [0.2, 0.25) is 0 Å². The number of esters is 1. The molecule has 1 aromatic rings. The number of carbonyl (C=O) groups excluding carboxylic acids is 2. The molecular weight excluding hydrogens is 306 g/mol. The number of rotatable bonds is 5. The molecule has 2 atom stereocenters. The van der Waals surface area contributed by atoms with Crippen LogP contribution in [0.15, 0.2) is 18.2 Å². The van der Waals surface area contributed by atoms with Gasteiger partial charge in [0.15, 0.2) is 0 Å². The predicted molar refractivity (Wildman–Crippen MR) is 92.0 cm³/mol. The average molecular weight is 333 g/mol. The van der Waals surface area contributed by atoms with Gasteiger partial charge in [-0.15, -0.1) is 0 Å². The van der Waals surface area contributed by atoms with E-state index in [2.05, 4.69) is 12.2 Å². The van der Waals surface area contributed by atoms with Crippen molar-refractivity contribution in [3.63, 3.8) is 0 Å². The first-order chi connectivity index (χ1) is 11.4. The molecule has 1 saturated carbocycles. The Labute approximate surface area is 143 Å². The van der Waals surface area contributed by atoms with Crippen molar-refractivity contribution in [2.75, 3.05) is 14.2 Å². The van der Waals surface area contributed by atoms with Gasteiger partial charge in [-0.1, -0.05) is 25.8 Å². The Kier molecular flexibility index (Phi) is 5.86. The number of benzene rings is 1. The van der Waals surface area contributed by atoms with Gasteiger partial charge in [0, 0.05) is 0 Å². The van der Waals surface area contributed by atoms with Crippen LogP contribution in [0.5, 0.6) is 5.75 Å². The van der Waals surface area contributed by atoms with Gasteiger partial charge in [0.1, 0.15) is 11.3 Å². The Hall–Kier alpha value is -2.04. The number of aryl methyl sites for hydroxylation is 1. The van der Waals surface area contributed by atoms with Crippen molar-refractivity contribution in [2.24, 2.45) is 5.92 Å². The first-order valence-electron chi connectivity index (χ1n) is 8.43. The van der Waals surface area contributed by atoms with Crippen LogP contribution in [0.1, 0.15) is 43.7 Å². The number of methoxy groups -OCH3 is 2. The Bertz CT molecular complexity index is 613. The summed E-state index contributed by atoms with van der Waals surface area (Å²) in [6.45, 7) is 4.06. The van der Waals surface area contributed by atoms with Crippen LogP contribution >= 0.6 is 0 Å². The van der Waals surface area contributed by atoms with E-state index in [1.165, 1.54) is 7.11 Å². The van der Waals surface area contributed by atoms with Gasteiger partial charge in [0.05, 0.1) is 20.6 Å². The Morgan fingerprint density at radius 3 is 2.67 bits per heavy atom. The lowest BCUT2D eigenvalue weighted by atomic mass is 9.76. The summed E-state index contributed by atoms with van der Waals surface area (Å²) in [4.78, 5) is 24.9. The third-order valence-electron chi connectivity index (χ3n) is 4.85. The molecule has 24 heavy (non-hydrogen) atoms. The monoisotopic (exact) mass is 333 g/mol. The molecule has 0 aromatic heterocycles. The van der Waals surface area contributed by atoms with E-state index in [4.69, 9.17) is 9.47 Å². The van der Waals surface area contributed by atoms with Gasteiger partial charge in [0.25, 0.3) is 0 Å². The highest BCUT2D eigenvalue weighted by atomic mass is 16.5. The number of amides is 1. The normalized spacial score (nSPS) is 23.4. The topological polar surface area (TPSA) is 64.6 Å². The molecular formula is C19H27NO4. The van der Waals surface area contributed by atoms with Crippen LogP contribution < -0.4 is 10.1 Å². The molecule has 0 heterocycles. The van der Waals surface area contributed by atoms with Crippen LogP contribution in [0.3, 0.4) is 0 Å². The first kappa shape index (κ1) is 18.3. The van der Waals surface area contributed by atoms with Crippen molar-refractivity contribution < 1.29 is 19.1 Å². The number of ether oxygens (including phenoxy) is 2. The Morgan fingerprint density at radius 1 is 1.33 bits per heavy atom. The SMILES string of the molecule is COC(=O)C1(NC(=O)Cc2ccc(OC)cc2C)CCCC(C)C1. The van der Waals surface area contributed by atoms with E-state index in [0.29, 0.717) is 18.8 Å². The minimum atomic E-state index is -0.885. The molecule has 5 heteroatoms. The molecule has 1 fully saturated rings. The quantitative estimate of drug-likeness (QED) is 0.842. The highest BCUT2D eigenvalue weighted by molar-refractivity contribution is 5.89. The lowest BCUT2D eigenvalue weighted by Crippen LogP contribution is -2.57. The van der Waals surface area contributed by atoms with Gasteiger partial charge in [0.2, 0.25) is 5.91 Å². The fourth-order valence-electron chi connectivity index (χ4n) is 3.57. The van der Waals surface area contributed by atoms with E-state index >= 15 is 0 Å². The maximum absolute atomic E-state index is 12.6. The van der Waals surface area contributed by atoms with Gasteiger partial charge in [-0.3, -0.25) is 4.79 Å². The zero-order valence-electron chi connectivity index (χ0n) is 15.0. The van der Waals surface area contributed by atoms with Crippen molar-refractivity contribution in [1.29, 1.82) is 0 Å². The third-order valence-corrected chi connectivity index (χ3v) is 4.85. The zero-order chi connectivity index (χ0) is 17.7. The summed E-state index contributed by atoms with van der Waals surface area (Å²) < 4.78 is 10.2. The predicted octanol–water partition coefficient (Wildman–Crippen LogP) is 2.78. The lowest BCUT2D eigenvalue weighted by molar-refractivity contribution is -0.153. The van der Waals surface area contributed by atoms with Crippen LogP contribution in [0.4, 0.5) is 0 Å². The first-order valence-corrected chi connectivity index (χ1v) is 8.43. The third kappa shape index (κ3) is 4.08. The second kappa shape index (κ2) is 7.69. The van der Waals surface area contributed by atoms with E-state index in [9.17, 15) is 9.59 Å². The van der Waals surface area contributed by atoms with E-state index in [1.807, 2.05) is 25.1 Å². The van der Waals surface area contributed by atoms with Crippen LogP contribution in [-0.2, 0) is 20.7 Å². The molecule has 0 radical (unpaired) electrons. The van der Waals surface area contributed by atoms with Gasteiger partial charge < -0.3 is 14.8 Å². The molecule has 5 nitrogen and oxygen atoms in total. The number of carbonyl (C=O) groups is 2. The minimum Gasteiger partial charge on any atom is -0.497 e. The van der Waals surface area contributed by atoms with E-state index in [1.54, 1.807) is 7.11 Å². The highest BCUT2D eigenvalue weighted by Crippen LogP contribution is 2.33. The number of hydrogen-bond donors (Lipinski definition) is 1. The van der Waals surface area contributed by atoms with Crippen molar-refractivity contribution in [1.82, 2.24) is 5.32 Å². The molecule has 1 N–H and O–H groups in total. The van der Waals surface area contributed by atoms with Gasteiger partial charge in [-0.2, -0.15) is 0 Å². The fraction of sp³-hybridized carbons (Fsp3) is 0.579. The van der Waals surface area contributed by atoms with Crippen LogP contribution in [0.25, 0.3) is 0 Å². The maximum Gasteiger partial charge on any atom is 0.331 e. The van der Waals surface area contributed by atoms with Crippen LogP contribution in [0, 0.1) is 12.8 Å². The highest BCUT2D eigenvalue weighted by Gasteiger charge is 2.44. The fourth-order valence-corrected chi connectivity index (χ4v) is 3.57. The summed E-state index contributed by atoms with van der Waals surface area (Å²) in [5.74, 6) is 0.668. The molecule has 2 unspecified atom stereocenters. The minimum absolute atomic E-state index is 0.150. The summed E-state index contributed by atoms with van der Waals surface area (Å²) in [5, 5.41) is 2.97. The molecule has 0 bridgehead atoms. The molecule has 0 aliphatic heterocycles. The summed E-state index contributed by atoms with van der Waals surface area (Å²) >= 11 is 0. The van der Waals surface area contributed by atoms with E-state index < -0.39 is 5.54 Å².